The molecular formula is C27H31F6NO5. The van der Waals surface area contributed by atoms with Crippen LogP contribution in [0.4, 0.5) is 26.3 Å². The molecule has 2 heterocycles. The average molecular weight is 564 g/mol. The van der Waals surface area contributed by atoms with Gasteiger partial charge in [-0.1, -0.05) is 30.3 Å². The molecule has 4 rings (SSSR count). The van der Waals surface area contributed by atoms with Crippen LogP contribution >= 0.6 is 0 Å². The quantitative estimate of drug-likeness (QED) is 0.429. The summed E-state index contributed by atoms with van der Waals surface area (Å²) in [5.41, 5.74) is -4.71. The van der Waals surface area contributed by atoms with Crippen LogP contribution in [0.5, 0.6) is 0 Å². The van der Waals surface area contributed by atoms with Crippen LogP contribution in [0.25, 0.3) is 0 Å². The maximum absolute atomic E-state index is 13.4. The highest BCUT2D eigenvalue weighted by atomic mass is 19.4. The van der Waals surface area contributed by atoms with Gasteiger partial charge in [-0.3, -0.25) is 4.90 Å². The second-order valence-corrected chi connectivity index (χ2v) is 10.2. The van der Waals surface area contributed by atoms with Gasteiger partial charge in [-0.05, 0) is 56.0 Å². The molecule has 1 unspecified atom stereocenters. The number of nitrogens with zero attached hydrogens (tertiary/aromatic N) is 1. The van der Waals surface area contributed by atoms with Crippen molar-refractivity contribution in [1.82, 2.24) is 4.90 Å². The van der Waals surface area contributed by atoms with Gasteiger partial charge < -0.3 is 24.4 Å². The number of rotatable bonds is 8. The van der Waals surface area contributed by atoms with E-state index in [2.05, 4.69) is 0 Å². The fourth-order valence-corrected chi connectivity index (χ4v) is 5.15. The lowest BCUT2D eigenvalue weighted by Gasteiger charge is -2.54. The lowest BCUT2D eigenvalue weighted by molar-refractivity contribution is -0.382. The monoisotopic (exact) mass is 563 g/mol. The van der Waals surface area contributed by atoms with Crippen molar-refractivity contribution in [3.63, 3.8) is 0 Å². The smallest absolute Gasteiger partial charge is 0.393 e. The number of ether oxygens (including phenoxy) is 3. The molecule has 0 spiro atoms. The molecule has 2 fully saturated rings. The maximum atomic E-state index is 13.4. The Balaban J connectivity index is 1.67. The minimum Gasteiger partial charge on any atom is -0.393 e. The Morgan fingerprint density at radius 3 is 2.10 bits per heavy atom. The number of piperidine rings is 1. The second kappa shape index (κ2) is 11.0. The summed E-state index contributed by atoms with van der Waals surface area (Å²) in [5.74, 6) is 0. The molecule has 39 heavy (non-hydrogen) atoms. The fourth-order valence-electron chi connectivity index (χ4n) is 5.15. The number of hydrogen-bond acceptors (Lipinski definition) is 6. The van der Waals surface area contributed by atoms with Gasteiger partial charge in [0.2, 0.25) is 0 Å². The molecule has 216 valence electrons. The highest BCUT2D eigenvalue weighted by Crippen LogP contribution is 2.44. The van der Waals surface area contributed by atoms with E-state index in [0.29, 0.717) is 12.1 Å². The zero-order chi connectivity index (χ0) is 28.6. The predicted octanol–water partition coefficient (Wildman–Crippen LogP) is 5.24. The number of halogens is 6. The zero-order valence-electron chi connectivity index (χ0n) is 21.4. The minimum atomic E-state index is -4.98. The third kappa shape index (κ3) is 6.58. The summed E-state index contributed by atoms with van der Waals surface area (Å²) in [7, 11) is 0. The standard InChI is InChI=1S/C27H31F6NO5/c1-17(19-10-21(26(28,29)30)12-22(11-19)27(31,32)33)37-16-25(20-6-4-3-5-7-20)9-8-24(36,15-35)14-34(25)13-23-38-18(2)39-23/h3-7,10-12,17-18,23,35-36H,8-9,13-16H2,1-2H3/t17-,18?,23?,24?,25-/m1/s1. The van der Waals surface area contributed by atoms with E-state index in [0.717, 1.165) is 5.56 Å². The van der Waals surface area contributed by atoms with E-state index in [1.807, 2.05) is 17.0 Å². The Bertz CT molecular complexity index is 1090. The third-order valence-corrected chi connectivity index (χ3v) is 7.41. The van der Waals surface area contributed by atoms with Crippen LogP contribution in [-0.2, 0) is 32.1 Å². The molecule has 2 aliphatic heterocycles. The van der Waals surface area contributed by atoms with Gasteiger partial charge in [0, 0.05) is 6.54 Å². The van der Waals surface area contributed by atoms with Crippen molar-refractivity contribution in [3.8, 4) is 0 Å². The van der Waals surface area contributed by atoms with Crippen LogP contribution in [0.1, 0.15) is 55.0 Å². The molecule has 0 aliphatic carbocycles. The van der Waals surface area contributed by atoms with Crippen molar-refractivity contribution in [2.24, 2.45) is 0 Å². The van der Waals surface area contributed by atoms with E-state index in [1.165, 1.54) is 6.92 Å². The number of aliphatic hydroxyl groups is 2. The molecule has 0 amide bonds. The maximum Gasteiger partial charge on any atom is 0.416 e. The van der Waals surface area contributed by atoms with Crippen molar-refractivity contribution < 1.29 is 50.8 Å². The Morgan fingerprint density at radius 2 is 1.59 bits per heavy atom. The minimum absolute atomic E-state index is 0.00944. The largest absolute Gasteiger partial charge is 0.416 e. The first-order valence-corrected chi connectivity index (χ1v) is 12.5. The zero-order valence-corrected chi connectivity index (χ0v) is 21.4. The average Bonchev–Trinajstić information content (AvgIpc) is 2.86. The van der Waals surface area contributed by atoms with Gasteiger partial charge in [-0.15, -0.1) is 0 Å². The summed E-state index contributed by atoms with van der Waals surface area (Å²) in [5, 5.41) is 20.8. The molecule has 0 radical (unpaired) electrons. The summed E-state index contributed by atoms with van der Waals surface area (Å²) in [4.78, 5) is 1.85. The molecule has 6 nitrogen and oxygen atoms in total. The Labute approximate surface area is 222 Å². The number of hydrogen-bond donors (Lipinski definition) is 2. The molecule has 2 aromatic rings. The van der Waals surface area contributed by atoms with E-state index < -0.39 is 59.9 Å². The molecule has 0 saturated carbocycles. The van der Waals surface area contributed by atoms with Crippen molar-refractivity contribution >= 4 is 0 Å². The van der Waals surface area contributed by atoms with Crippen molar-refractivity contribution in [2.45, 2.75) is 68.9 Å². The molecule has 2 aliphatic rings. The Hall–Kier alpha value is -2.22. The highest BCUT2D eigenvalue weighted by Gasteiger charge is 2.50. The van der Waals surface area contributed by atoms with Gasteiger partial charge >= 0.3 is 12.4 Å². The Kier molecular flexibility index (Phi) is 8.38. The van der Waals surface area contributed by atoms with Crippen LogP contribution in [0.2, 0.25) is 0 Å². The number of likely N-dealkylation sites (tertiary alicyclic amines) is 1. The van der Waals surface area contributed by atoms with E-state index in [-0.39, 0.29) is 44.2 Å². The van der Waals surface area contributed by atoms with Gasteiger partial charge in [0.25, 0.3) is 0 Å². The summed E-state index contributed by atoms with van der Waals surface area (Å²) in [6.07, 6.45) is -11.7. The summed E-state index contributed by atoms with van der Waals surface area (Å²) in [6, 6.07) is 10.5. The second-order valence-electron chi connectivity index (χ2n) is 10.2. The van der Waals surface area contributed by atoms with Gasteiger partial charge in [0.1, 0.15) is 5.60 Å². The molecule has 2 saturated heterocycles. The molecule has 0 aromatic heterocycles. The van der Waals surface area contributed by atoms with E-state index in [1.54, 1.807) is 25.1 Å². The first-order chi connectivity index (χ1) is 18.1. The number of alkyl halides is 6. The van der Waals surface area contributed by atoms with Crippen molar-refractivity contribution in [2.75, 3.05) is 26.3 Å². The summed E-state index contributed by atoms with van der Waals surface area (Å²) in [6.45, 7) is 2.68. The molecule has 0 bridgehead atoms. The topological polar surface area (TPSA) is 71.4 Å². The molecule has 3 atom stereocenters. The van der Waals surface area contributed by atoms with Crippen LogP contribution in [-0.4, -0.2) is 59.6 Å². The summed E-state index contributed by atoms with van der Waals surface area (Å²) >= 11 is 0. The summed E-state index contributed by atoms with van der Waals surface area (Å²) < 4.78 is 97.8. The van der Waals surface area contributed by atoms with Gasteiger partial charge in [-0.2, -0.15) is 26.3 Å². The Morgan fingerprint density at radius 1 is 1.00 bits per heavy atom. The molecule has 2 aromatic carbocycles. The van der Waals surface area contributed by atoms with Gasteiger partial charge in [0.15, 0.2) is 12.6 Å². The molecule has 2 N–H and O–H groups in total. The van der Waals surface area contributed by atoms with Crippen LogP contribution < -0.4 is 0 Å². The SMILES string of the molecule is CC1OC(CN2CC(O)(CO)CC[C@@]2(CO[C@H](C)c2cc(C(F)(F)F)cc(C(F)(F)F)c2)c2ccccc2)O1. The first-order valence-electron chi connectivity index (χ1n) is 12.5. The number of aliphatic hydroxyl groups excluding tert-OH is 1. The van der Waals surface area contributed by atoms with Crippen molar-refractivity contribution in [1.29, 1.82) is 0 Å². The number of benzene rings is 2. The predicted molar refractivity (Wildman–Crippen MR) is 127 cm³/mol. The van der Waals surface area contributed by atoms with E-state index in [4.69, 9.17) is 14.2 Å². The first kappa shape index (κ1) is 29.8. The number of β-amino-alcohol motifs (C(OH)–C–C–N with tert-alkyl or cyclic N) is 1. The van der Waals surface area contributed by atoms with Crippen LogP contribution in [0.15, 0.2) is 48.5 Å². The van der Waals surface area contributed by atoms with E-state index in [9.17, 15) is 36.6 Å². The fraction of sp³-hybridized carbons (Fsp3) is 0.556. The third-order valence-electron chi connectivity index (χ3n) is 7.41. The van der Waals surface area contributed by atoms with Crippen molar-refractivity contribution in [3.05, 3.63) is 70.8 Å². The van der Waals surface area contributed by atoms with Gasteiger partial charge in [0.05, 0.1) is 42.5 Å². The normalized spacial score (nSPS) is 29.2. The molecule has 12 heteroatoms. The lowest BCUT2D eigenvalue weighted by atomic mass is 9.76. The van der Waals surface area contributed by atoms with E-state index >= 15 is 0 Å². The lowest BCUT2D eigenvalue weighted by Crippen LogP contribution is -2.64. The van der Waals surface area contributed by atoms with Crippen LogP contribution in [0.3, 0.4) is 0 Å². The van der Waals surface area contributed by atoms with Gasteiger partial charge in [-0.25, -0.2) is 0 Å². The molecular weight excluding hydrogens is 532 g/mol. The van der Waals surface area contributed by atoms with Crippen LogP contribution in [0, 0.1) is 0 Å². The highest BCUT2D eigenvalue weighted by molar-refractivity contribution is 5.35.